The van der Waals surface area contributed by atoms with Gasteiger partial charge in [0.05, 0.1) is 0 Å². The summed E-state index contributed by atoms with van der Waals surface area (Å²) in [7, 11) is 0. The van der Waals surface area contributed by atoms with E-state index in [-0.39, 0.29) is 29.7 Å². The van der Waals surface area contributed by atoms with Crippen LogP contribution in [-0.2, 0) is 0 Å². The predicted octanol–water partition coefficient (Wildman–Crippen LogP) is 0.212. The van der Waals surface area contributed by atoms with Crippen LogP contribution in [0.5, 0.6) is 0 Å². The molecule has 0 unspecified atom stereocenters. The van der Waals surface area contributed by atoms with Crippen molar-refractivity contribution in [3.63, 3.8) is 0 Å². The van der Waals surface area contributed by atoms with E-state index in [1.807, 2.05) is 0 Å². The topological polar surface area (TPSA) is 20.2 Å². The molecule has 0 aromatic rings. The Morgan fingerprint density at radius 3 is 2.00 bits per heavy atom. The fourth-order valence-corrected chi connectivity index (χ4v) is 0.112. The van der Waals surface area contributed by atoms with E-state index in [0.717, 1.165) is 12.8 Å². The van der Waals surface area contributed by atoms with Gasteiger partial charge in [-0.05, 0) is 0 Å². The van der Waals surface area contributed by atoms with Gasteiger partial charge in [0, 0.05) is 6.61 Å². The number of aliphatic hydroxyl groups is 1. The predicted molar refractivity (Wildman–Crippen MR) is 27.4 cm³/mol. The second kappa shape index (κ2) is 9.21. The van der Waals surface area contributed by atoms with Gasteiger partial charge in [-0.3, -0.25) is 0 Å². The molecule has 0 aliphatic carbocycles. The van der Waals surface area contributed by atoms with Crippen molar-refractivity contribution >= 4 is 23.1 Å². The van der Waals surface area contributed by atoms with E-state index in [4.69, 9.17) is 5.11 Å². The molecule has 0 aliphatic heterocycles. The van der Waals surface area contributed by atoms with E-state index in [0.29, 0.717) is 0 Å². The largest absolute Gasteiger partial charge is 2.00 e. The van der Waals surface area contributed by atoms with Crippen LogP contribution in [0, 0.1) is 6.92 Å². The van der Waals surface area contributed by atoms with Gasteiger partial charge in [-0.15, -0.1) is 0 Å². The second-order valence-corrected chi connectivity index (χ2v) is 0.931. The number of unbranched alkanes of at least 4 members (excludes halogenated alkanes) is 1. The zero-order chi connectivity index (χ0) is 4.12. The molecule has 0 atom stereocenters. The van der Waals surface area contributed by atoms with Crippen molar-refractivity contribution in [1.29, 1.82) is 0 Å². The molecule has 1 N–H and O–H groups in total. The van der Waals surface area contributed by atoms with Gasteiger partial charge >= 0.3 is 23.1 Å². The van der Waals surface area contributed by atoms with Crippen LogP contribution in [0.4, 0.5) is 0 Å². The van der Waals surface area contributed by atoms with Crippen LogP contribution in [-0.4, -0.2) is 34.8 Å². The first-order valence-corrected chi connectivity index (χ1v) is 1.82. The van der Waals surface area contributed by atoms with Gasteiger partial charge < -0.3 is 12.0 Å². The smallest absolute Gasteiger partial charge is 0.396 e. The molecule has 0 fully saturated rings. The van der Waals surface area contributed by atoms with Crippen LogP contribution in [0.1, 0.15) is 12.8 Å². The average molecular weight is 97.4 g/mol. The molecule has 0 saturated carbocycles. The Bertz CT molecular complexity index is 15.0. The third kappa shape index (κ3) is 8.83. The quantitative estimate of drug-likeness (QED) is 0.386. The van der Waals surface area contributed by atoms with Gasteiger partial charge in [-0.2, -0.15) is 6.42 Å². The third-order valence-electron chi connectivity index (χ3n) is 0.408. The van der Waals surface area contributed by atoms with Crippen LogP contribution < -0.4 is 0 Å². The monoisotopic (exact) mass is 97.0 g/mol. The molecule has 2 heteroatoms. The molecule has 0 bridgehead atoms. The molecule has 0 heterocycles. The summed E-state index contributed by atoms with van der Waals surface area (Å²) < 4.78 is 0. The van der Waals surface area contributed by atoms with Crippen molar-refractivity contribution in [1.82, 2.24) is 0 Å². The SMILES string of the molecule is [CH2-]CCCO.[Mg+2]. The van der Waals surface area contributed by atoms with E-state index in [9.17, 15) is 0 Å². The summed E-state index contributed by atoms with van der Waals surface area (Å²) in [6.07, 6.45) is 1.68. The zero-order valence-electron chi connectivity index (χ0n) is 3.98. The molecule has 0 radical (unpaired) electrons. The van der Waals surface area contributed by atoms with Crippen molar-refractivity contribution in [2.24, 2.45) is 0 Å². The third-order valence-corrected chi connectivity index (χ3v) is 0.408. The zero-order valence-corrected chi connectivity index (χ0v) is 5.40. The summed E-state index contributed by atoms with van der Waals surface area (Å²) in [5.74, 6) is 0. The Morgan fingerprint density at radius 1 is 1.50 bits per heavy atom. The number of hydrogen-bond acceptors (Lipinski definition) is 1. The Morgan fingerprint density at radius 2 is 2.00 bits per heavy atom. The van der Waals surface area contributed by atoms with Gasteiger partial charge in [0.1, 0.15) is 0 Å². The summed E-state index contributed by atoms with van der Waals surface area (Å²) >= 11 is 0. The number of aliphatic hydroxyl groups excluding tert-OH is 1. The van der Waals surface area contributed by atoms with Crippen molar-refractivity contribution in [2.75, 3.05) is 6.61 Å². The number of hydrogen-bond donors (Lipinski definition) is 1. The molecule has 32 valence electrons. The molecule has 0 aromatic carbocycles. The average Bonchev–Trinajstić information content (AvgIpc) is 1.41. The first-order valence-electron chi connectivity index (χ1n) is 1.82. The van der Waals surface area contributed by atoms with Crippen molar-refractivity contribution < 1.29 is 5.11 Å². The summed E-state index contributed by atoms with van der Waals surface area (Å²) in [6, 6.07) is 0. The maximum atomic E-state index is 8.03. The van der Waals surface area contributed by atoms with Crippen LogP contribution in [0.3, 0.4) is 0 Å². The van der Waals surface area contributed by atoms with Gasteiger partial charge in [-0.1, -0.05) is 6.42 Å². The van der Waals surface area contributed by atoms with Crippen LogP contribution in [0.2, 0.25) is 0 Å². The van der Waals surface area contributed by atoms with E-state index in [1.165, 1.54) is 0 Å². The van der Waals surface area contributed by atoms with Gasteiger partial charge in [-0.25, -0.2) is 0 Å². The Balaban J connectivity index is 0. The summed E-state index contributed by atoms with van der Waals surface area (Å²) in [6.45, 7) is 3.80. The van der Waals surface area contributed by atoms with E-state index < -0.39 is 0 Å². The maximum absolute atomic E-state index is 8.03. The van der Waals surface area contributed by atoms with Gasteiger partial charge in [0.2, 0.25) is 0 Å². The maximum Gasteiger partial charge on any atom is 2.00 e. The van der Waals surface area contributed by atoms with E-state index in [1.54, 1.807) is 0 Å². The Labute approximate surface area is 54.9 Å². The second-order valence-electron chi connectivity index (χ2n) is 0.931. The fourth-order valence-electron chi connectivity index (χ4n) is 0.112. The summed E-state index contributed by atoms with van der Waals surface area (Å²) in [4.78, 5) is 0. The molecular weight excluding hydrogens is 88.3 g/mol. The molecular formula is C4H9MgO+. The molecule has 0 amide bonds. The van der Waals surface area contributed by atoms with Crippen molar-refractivity contribution in [2.45, 2.75) is 12.8 Å². The first kappa shape index (κ1) is 9.87. The van der Waals surface area contributed by atoms with Crippen LogP contribution in [0.15, 0.2) is 0 Å². The fraction of sp³-hybridized carbons (Fsp3) is 0.750. The molecule has 0 saturated heterocycles. The normalized spacial score (nSPS) is 7.00. The molecule has 0 aromatic heterocycles. The minimum absolute atomic E-state index is 0. The van der Waals surface area contributed by atoms with Crippen molar-refractivity contribution in [3.8, 4) is 0 Å². The van der Waals surface area contributed by atoms with E-state index >= 15 is 0 Å². The molecule has 0 spiro atoms. The summed E-state index contributed by atoms with van der Waals surface area (Å²) in [5.41, 5.74) is 0. The van der Waals surface area contributed by atoms with Gasteiger partial charge in [0.15, 0.2) is 0 Å². The minimum atomic E-state index is 0. The van der Waals surface area contributed by atoms with Crippen LogP contribution >= 0.6 is 0 Å². The van der Waals surface area contributed by atoms with Crippen molar-refractivity contribution in [3.05, 3.63) is 6.92 Å². The minimum Gasteiger partial charge on any atom is -0.396 e. The van der Waals surface area contributed by atoms with Crippen LogP contribution in [0.25, 0.3) is 0 Å². The van der Waals surface area contributed by atoms with E-state index in [2.05, 4.69) is 6.92 Å². The standard InChI is InChI=1S/C4H9O.Mg/c1-2-3-4-5;/h5H,1-4H2;/q-1;+2. The molecule has 1 nitrogen and oxygen atoms in total. The summed E-state index contributed by atoms with van der Waals surface area (Å²) in [5, 5.41) is 8.03. The van der Waals surface area contributed by atoms with Gasteiger partial charge in [0.25, 0.3) is 0 Å². The molecule has 0 aliphatic rings. The molecule has 6 heavy (non-hydrogen) atoms. The number of rotatable bonds is 2. The first-order chi connectivity index (χ1) is 2.41. The Kier molecular flexibility index (Phi) is 15.2. The Hall–Kier alpha value is 0.726. The molecule has 0 rings (SSSR count).